The molecular formula is C21H20N2O4S. The summed E-state index contributed by atoms with van der Waals surface area (Å²) >= 11 is 1.33. The second kappa shape index (κ2) is 8.67. The molecule has 2 aromatic heterocycles. The van der Waals surface area contributed by atoms with Gasteiger partial charge in [0.15, 0.2) is 5.13 Å². The molecule has 0 aliphatic heterocycles. The van der Waals surface area contributed by atoms with Gasteiger partial charge < -0.3 is 9.15 Å². The lowest BCUT2D eigenvalue weighted by molar-refractivity contribution is -0.139. The smallest absolute Gasteiger partial charge is 0.331 e. The summed E-state index contributed by atoms with van der Waals surface area (Å²) in [7, 11) is 0. The summed E-state index contributed by atoms with van der Waals surface area (Å²) in [6.07, 6.45) is 4.36. The topological polar surface area (TPSA) is 72.6 Å². The van der Waals surface area contributed by atoms with Crippen LogP contribution < -0.4 is 4.90 Å². The Morgan fingerprint density at radius 3 is 2.61 bits per heavy atom. The maximum Gasteiger partial charge on any atom is 0.331 e. The van der Waals surface area contributed by atoms with Crippen LogP contribution in [0, 0.1) is 13.8 Å². The van der Waals surface area contributed by atoms with Gasteiger partial charge in [0.1, 0.15) is 12.4 Å². The lowest BCUT2D eigenvalue weighted by Crippen LogP contribution is -2.24. The standard InChI is InChI=1S/C21H20N2O4S/c1-14-6-4-7-15(2)20(14)23(16(3)24)21-22-17(13-28-21)12-27-19(25)10-9-18-8-5-11-26-18/h4-11,13H,12H2,1-3H3/b10-9+. The number of anilines is 2. The summed E-state index contributed by atoms with van der Waals surface area (Å²) in [4.78, 5) is 30.2. The highest BCUT2D eigenvalue weighted by molar-refractivity contribution is 7.14. The summed E-state index contributed by atoms with van der Waals surface area (Å²) in [5.74, 6) is -0.0561. The third-order valence-corrected chi connectivity index (χ3v) is 4.87. The Kier molecular flexibility index (Phi) is 6.06. The first kappa shape index (κ1) is 19.6. The average molecular weight is 396 g/mol. The van der Waals surface area contributed by atoms with Crippen molar-refractivity contribution >= 4 is 40.1 Å². The molecule has 0 spiro atoms. The van der Waals surface area contributed by atoms with Crippen LogP contribution in [0.15, 0.2) is 52.5 Å². The summed E-state index contributed by atoms with van der Waals surface area (Å²) in [5, 5.41) is 2.32. The summed E-state index contributed by atoms with van der Waals surface area (Å²) in [6.45, 7) is 5.45. The van der Waals surface area contributed by atoms with Crippen molar-refractivity contribution in [1.82, 2.24) is 4.98 Å². The SMILES string of the molecule is CC(=O)N(c1nc(COC(=O)/C=C/c2ccco2)cs1)c1c(C)cccc1C. The Balaban J connectivity index is 1.71. The molecule has 0 saturated heterocycles. The van der Waals surface area contributed by atoms with Gasteiger partial charge in [-0.05, 0) is 43.2 Å². The molecular weight excluding hydrogens is 376 g/mol. The fraction of sp³-hybridized carbons (Fsp3) is 0.190. The quantitative estimate of drug-likeness (QED) is 0.442. The number of carbonyl (C=O) groups is 2. The van der Waals surface area contributed by atoms with Gasteiger partial charge >= 0.3 is 5.97 Å². The molecule has 2 heterocycles. The Bertz CT molecular complexity index is 985. The molecule has 0 aliphatic rings. The number of ether oxygens (including phenoxy) is 1. The number of aryl methyl sites for hydroxylation is 2. The zero-order valence-corrected chi connectivity index (χ0v) is 16.7. The molecule has 0 atom stereocenters. The number of hydrogen-bond acceptors (Lipinski definition) is 6. The third kappa shape index (κ3) is 4.55. The molecule has 7 heteroatoms. The van der Waals surface area contributed by atoms with Crippen molar-refractivity contribution in [3.05, 3.63) is 70.6 Å². The highest BCUT2D eigenvalue weighted by Crippen LogP contribution is 2.33. The molecule has 0 aliphatic carbocycles. The van der Waals surface area contributed by atoms with Crippen molar-refractivity contribution in [2.24, 2.45) is 0 Å². The van der Waals surface area contributed by atoms with Gasteiger partial charge in [-0.25, -0.2) is 9.78 Å². The van der Waals surface area contributed by atoms with Gasteiger partial charge in [0.2, 0.25) is 5.91 Å². The summed E-state index contributed by atoms with van der Waals surface area (Å²) in [6, 6.07) is 9.34. The number of amides is 1. The van der Waals surface area contributed by atoms with E-state index in [2.05, 4.69) is 4.98 Å². The number of esters is 1. The van der Waals surface area contributed by atoms with Crippen LogP contribution in [-0.2, 0) is 20.9 Å². The van der Waals surface area contributed by atoms with E-state index in [1.54, 1.807) is 22.4 Å². The first-order chi connectivity index (χ1) is 13.5. The van der Waals surface area contributed by atoms with E-state index in [-0.39, 0.29) is 12.5 Å². The van der Waals surface area contributed by atoms with Crippen LogP contribution in [0.4, 0.5) is 10.8 Å². The number of thiazole rings is 1. The van der Waals surface area contributed by atoms with Crippen molar-refractivity contribution in [1.29, 1.82) is 0 Å². The van der Waals surface area contributed by atoms with Crippen molar-refractivity contribution in [2.45, 2.75) is 27.4 Å². The molecule has 6 nitrogen and oxygen atoms in total. The highest BCUT2D eigenvalue weighted by atomic mass is 32.1. The number of nitrogens with zero attached hydrogens (tertiary/aromatic N) is 2. The molecule has 3 aromatic rings. The second-order valence-corrected chi connectivity index (χ2v) is 7.01. The lowest BCUT2D eigenvalue weighted by atomic mass is 10.1. The first-order valence-electron chi connectivity index (χ1n) is 8.65. The van der Waals surface area contributed by atoms with Crippen molar-refractivity contribution in [3.63, 3.8) is 0 Å². The van der Waals surface area contributed by atoms with E-state index in [9.17, 15) is 9.59 Å². The van der Waals surface area contributed by atoms with Gasteiger partial charge in [0.25, 0.3) is 0 Å². The Labute approximate surface area is 167 Å². The molecule has 28 heavy (non-hydrogen) atoms. The monoisotopic (exact) mass is 396 g/mol. The number of furan rings is 1. The molecule has 3 rings (SSSR count). The van der Waals surface area contributed by atoms with Crippen LogP contribution in [0.5, 0.6) is 0 Å². The number of para-hydroxylation sites is 1. The molecule has 0 N–H and O–H groups in total. The van der Waals surface area contributed by atoms with Crippen LogP contribution in [-0.4, -0.2) is 16.9 Å². The highest BCUT2D eigenvalue weighted by Gasteiger charge is 2.21. The van der Waals surface area contributed by atoms with Gasteiger partial charge in [-0.1, -0.05) is 18.2 Å². The van der Waals surface area contributed by atoms with Crippen LogP contribution in [0.2, 0.25) is 0 Å². The fourth-order valence-corrected chi connectivity index (χ4v) is 3.60. The maximum absolute atomic E-state index is 12.3. The second-order valence-electron chi connectivity index (χ2n) is 6.17. The number of carbonyl (C=O) groups excluding carboxylic acids is 2. The van der Waals surface area contributed by atoms with Gasteiger partial charge in [-0.15, -0.1) is 11.3 Å². The minimum absolute atomic E-state index is 0.0241. The van der Waals surface area contributed by atoms with Crippen LogP contribution in [0.3, 0.4) is 0 Å². The van der Waals surface area contributed by atoms with E-state index >= 15 is 0 Å². The van der Waals surface area contributed by atoms with Gasteiger partial charge in [0, 0.05) is 18.4 Å². The van der Waals surface area contributed by atoms with E-state index in [1.807, 2.05) is 32.0 Å². The zero-order chi connectivity index (χ0) is 20.1. The van der Waals surface area contributed by atoms with E-state index in [1.165, 1.54) is 36.7 Å². The molecule has 0 fully saturated rings. The fourth-order valence-electron chi connectivity index (χ4n) is 2.74. The summed E-state index contributed by atoms with van der Waals surface area (Å²) < 4.78 is 10.3. The lowest BCUT2D eigenvalue weighted by Gasteiger charge is -2.22. The molecule has 1 amide bonds. The van der Waals surface area contributed by atoms with E-state index in [4.69, 9.17) is 9.15 Å². The number of rotatable bonds is 6. The van der Waals surface area contributed by atoms with Crippen LogP contribution >= 0.6 is 11.3 Å². The zero-order valence-electron chi connectivity index (χ0n) is 15.8. The number of benzene rings is 1. The van der Waals surface area contributed by atoms with Gasteiger partial charge in [-0.3, -0.25) is 9.69 Å². The summed E-state index contributed by atoms with van der Waals surface area (Å²) in [5.41, 5.74) is 3.38. The average Bonchev–Trinajstić information content (AvgIpc) is 3.33. The number of aromatic nitrogens is 1. The van der Waals surface area contributed by atoms with Crippen LogP contribution in [0.1, 0.15) is 29.5 Å². The molecule has 0 saturated carbocycles. The minimum Gasteiger partial charge on any atom is -0.465 e. The molecule has 0 bridgehead atoms. The van der Waals surface area contributed by atoms with E-state index < -0.39 is 5.97 Å². The van der Waals surface area contributed by atoms with E-state index in [0.717, 1.165) is 16.8 Å². The van der Waals surface area contributed by atoms with Crippen LogP contribution in [0.25, 0.3) is 6.08 Å². The molecule has 1 aromatic carbocycles. The minimum atomic E-state index is -0.496. The van der Waals surface area contributed by atoms with Gasteiger partial charge in [-0.2, -0.15) is 0 Å². The predicted octanol–water partition coefficient (Wildman–Crippen LogP) is 4.79. The Morgan fingerprint density at radius 2 is 1.96 bits per heavy atom. The van der Waals surface area contributed by atoms with Crippen molar-refractivity contribution in [3.8, 4) is 0 Å². The molecule has 0 radical (unpaired) electrons. The third-order valence-electron chi connectivity index (χ3n) is 4.00. The largest absolute Gasteiger partial charge is 0.465 e. The maximum atomic E-state index is 12.3. The Hall–Kier alpha value is -3.19. The van der Waals surface area contributed by atoms with Gasteiger partial charge in [0.05, 0.1) is 17.6 Å². The first-order valence-corrected chi connectivity index (χ1v) is 9.53. The van der Waals surface area contributed by atoms with Crippen molar-refractivity contribution in [2.75, 3.05) is 4.90 Å². The van der Waals surface area contributed by atoms with Crippen molar-refractivity contribution < 1.29 is 18.7 Å². The predicted molar refractivity (Wildman–Crippen MR) is 108 cm³/mol. The van der Waals surface area contributed by atoms with E-state index in [0.29, 0.717) is 16.6 Å². The molecule has 144 valence electrons. The Morgan fingerprint density at radius 1 is 1.21 bits per heavy atom. The normalized spacial score (nSPS) is 11.0. The molecule has 0 unspecified atom stereocenters. The number of hydrogen-bond donors (Lipinski definition) is 0.